The van der Waals surface area contributed by atoms with Crippen LogP contribution in [0.3, 0.4) is 0 Å². The number of nitrogens with one attached hydrogen (secondary N) is 1. The molecular weight excluding hydrogens is 202 g/mol. The van der Waals surface area contributed by atoms with Gasteiger partial charge in [0.1, 0.15) is 0 Å². The summed E-state index contributed by atoms with van der Waals surface area (Å²) in [6.45, 7) is 4.13. The van der Waals surface area contributed by atoms with Crippen LogP contribution in [0, 0.1) is 0 Å². The van der Waals surface area contributed by atoms with E-state index in [9.17, 15) is 8.42 Å². The van der Waals surface area contributed by atoms with E-state index in [0.29, 0.717) is 6.54 Å². The number of nitrogens with zero attached hydrogens (tertiary/aromatic N) is 1. The Bertz CT molecular complexity index is 276. The molecule has 0 radical (unpaired) electrons. The molecule has 1 fully saturated rings. The Kier molecular flexibility index (Phi) is 3.88. The van der Waals surface area contributed by atoms with Crippen molar-refractivity contribution >= 4 is 10.2 Å². The van der Waals surface area contributed by atoms with Crippen LogP contribution in [0.1, 0.15) is 33.1 Å². The van der Waals surface area contributed by atoms with Crippen LogP contribution in [0.15, 0.2) is 0 Å². The van der Waals surface area contributed by atoms with Crippen LogP contribution in [-0.4, -0.2) is 31.5 Å². The monoisotopic (exact) mass is 221 g/mol. The Morgan fingerprint density at radius 2 is 2.07 bits per heavy atom. The van der Waals surface area contributed by atoms with Crippen molar-refractivity contribution in [3.63, 3.8) is 0 Å². The lowest BCUT2D eigenvalue weighted by Gasteiger charge is -2.32. The first-order valence-electron chi connectivity index (χ1n) is 4.98. The van der Waals surface area contributed by atoms with Crippen LogP contribution in [0.5, 0.6) is 0 Å². The van der Waals surface area contributed by atoms with Crippen LogP contribution in [0.2, 0.25) is 0 Å². The molecule has 84 valence electrons. The molecule has 0 spiro atoms. The van der Waals surface area contributed by atoms with Crippen molar-refractivity contribution in [1.82, 2.24) is 9.03 Å². The van der Waals surface area contributed by atoms with E-state index in [0.717, 1.165) is 19.3 Å². The molecule has 0 bridgehead atoms. The highest BCUT2D eigenvalue weighted by Crippen LogP contribution is 2.16. The van der Waals surface area contributed by atoms with Gasteiger partial charge < -0.3 is 5.73 Å². The summed E-state index contributed by atoms with van der Waals surface area (Å²) in [5.74, 6) is 0. The van der Waals surface area contributed by atoms with E-state index in [1.165, 1.54) is 4.31 Å². The molecule has 1 aliphatic rings. The third-order valence-corrected chi connectivity index (χ3v) is 4.03. The molecule has 1 heterocycles. The van der Waals surface area contributed by atoms with Crippen molar-refractivity contribution < 1.29 is 8.42 Å². The van der Waals surface area contributed by atoms with Crippen LogP contribution >= 0.6 is 0 Å². The van der Waals surface area contributed by atoms with Gasteiger partial charge in [0.25, 0.3) is 10.2 Å². The lowest BCUT2D eigenvalue weighted by molar-refractivity contribution is 0.254. The minimum atomic E-state index is -3.37. The SMILES string of the molecule is CC(C)NS(=O)(=O)N1CCCCC1N. The second-order valence-corrected chi connectivity index (χ2v) is 5.61. The van der Waals surface area contributed by atoms with Gasteiger partial charge in [-0.15, -0.1) is 0 Å². The van der Waals surface area contributed by atoms with E-state index < -0.39 is 10.2 Å². The number of rotatable bonds is 3. The van der Waals surface area contributed by atoms with Crippen molar-refractivity contribution in [2.75, 3.05) is 6.54 Å². The van der Waals surface area contributed by atoms with Gasteiger partial charge in [-0.1, -0.05) is 0 Å². The quantitative estimate of drug-likeness (QED) is 0.704. The van der Waals surface area contributed by atoms with E-state index in [1.54, 1.807) is 13.8 Å². The van der Waals surface area contributed by atoms with Gasteiger partial charge in [-0.25, -0.2) is 0 Å². The van der Waals surface area contributed by atoms with E-state index in [1.807, 2.05) is 0 Å². The Hall–Kier alpha value is -0.170. The van der Waals surface area contributed by atoms with Gasteiger partial charge in [0.2, 0.25) is 0 Å². The predicted octanol–water partition coefficient (Wildman–Crippen LogP) is -0.0001000. The maximum Gasteiger partial charge on any atom is 0.281 e. The lowest BCUT2D eigenvalue weighted by atomic mass is 10.1. The molecule has 14 heavy (non-hydrogen) atoms. The van der Waals surface area contributed by atoms with Crippen molar-refractivity contribution in [2.45, 2.75) is 45.3 Å². The maximum atomic E-state index is 11.7. The zero-order valence-electron chi connectivity index (χ0n) is 8.73. The van der Waals surface area contributed by atoms with Crippen LogP contribution < -0.4 is 10.5 Å². The average molecular weight is 221 g/mol. The van der Waals surface area contributed by atoms with Crippen LogP contribution in [0.4, 0.5) is 0 Å². The number of nitrogens with two attached hydrogens (primary N) is 1. The molecule has 0 aromatic rings. The highest BCUT2D eigenvalue weighted by Gasteiger charge is 2.29. The molecule has 6 heteroatoms. The van der Waals surface area contributed by atoms with Gasteiger partial charge in [0.15, 0.2) is 0 Å². The van der Waals surface area contributed by atoms with Crippen LogP contribution in [0.25, 0.3) is 0 Å². The van der Waals surface area contributed by atoms with E-state index >= 15 is 0 Å². The zero-order valence-corrected chi connectivity index (χ0v) is 9.55. The van der Waals surface area contributed by atoms with Crippen LogP contribution in [-0.2, 0) is 10.2 Å². The summed E-state index contributed by atoms with van der Waals surface area (Å²) in [6, 6.07) is -0.0888. The van der Waals surface area contributed by atoms with Gasteiger partial charge in [-0.2, -0.15) is 17.4 Å². The van der Waals surface area contributed by atoms with E-state index in [2.05, 4.69) is 4.72 Å². The summed E-state index contributed by atoms with van der Waals surface area (Å²) in [4.78, 5) is 0. The third kappa shape index (κ3) is 2.91. The number of hydrogen-bond acceptors (Lipinski definition) is 3. The summed E-state index contributed by atoms with van der Waals surface area (Å²) in [6.07, 6.45) is 2.29. The van der Waals surface area contributed by atoms with E-state index in [4.69, 9.17) is 5.73 Å². The summed E-state index contributed by atoms with van der Waals surface area (Å²) < 4.78 is 27.4. The normalized spacial score (nSPS) is 25.6. The summed E-state index contributed by atoms with van der Waals surface area (Å²) in [5, 5.41) is 0. The topological polar surface area (TPSA) is 75.4 Å². The highest BCUT2D eigenvalue weighted by molar-refractivity contribution is 7.87. The minimum absolute atomic E-state index is 0.0888. The first kappa shape index (κ1) is 11.9. The molecule has 1 atom stereocenters. The molecule has 0 amide bonds. The second-order valence-electron chi connectivity index (χ2n) is 3.95. The maximum absolute atomic E-state index is 11.7. The lowest BCUT2D eigenvalue weighted by Crippen LogP contribution is -2.53. The Balaban J connectivity index is 2.70. The van der Waals surface area contributed by atoms with E-state index in [-0.39, 0.29) is 12.2 Å². The van der Waals surface area contributed by atoms with Crippen molar-refractivity contribution in [1.29, 1.82) is 0 Å². The largest absolute Gasteiger partial charge is 0.315 e. The molecular formula is C8H19N3O2S. The average Bonchev–Trinajstić information content (AvgIpc) is 2.02. The van der Waals surface area contributed by atoms with Gasteiger partial charge in [-0.05, 0) is 33.1 Å². The number of hydrogen-bond donors (Lipinski definition) is 2. The second kappa shape index (κ2) is 4.57. The first-order valence-corrected chi connectivity index (χ1v) is 6.42. The molecule has 0 aromatic heterocycles. The fourth-order valence-electron chi connectivity index (χ4n) is 1.59. The predicted molar refractivity (Wildman–Crippen MR) is 55.7 cm³/mol. The highest BCUT2D eigenvalue weighted by atomic mass is 32.2. The van der Waals surface area contributed by atoms with Gasteiger partial charge in [-0.3, -0.25) is 0 Å². The molecule has 0 saturated carbocycles. The Morgan fingerprint density at radius 3 is 2.57 bits per heavy atom. The third-order valence-electron chi connectivity index (χ3n) is 2.19. The zero-order chi connectivity index (χ0) is 10.8. The fourth-order valence-corrected chi connectivity index (χ4v) is 3.16. The molecule has 0 aliphatic carbocycles. The Labute approximate surface area is 85.8 Å². The van der Waals surface area contributed by atoms with Crippen molar-refractivity contribution in [3.8, 4) is 0 Å². The Morgan fingerprint density at radius 1 is 1.43 bits per heavy atom. The molecule has 1 rings (SSSR count). The molecule has 1 unspecified atom stereocenters. The molecule has 0 aromatic carbocycles. The standard InChI is InChI=1S/C8H19N3O2S/c1-7(2)10-14(12,13)11-6-4-3-5-8(11)9/h7-8,10H,3-6,9H2,1-2H3. The fraction of sp³-hybridized carbons (Fsp3) is 1.00. The summed E-state index contributed by atoms with van der Waals surface area (Å²) in [5.41, 5.74) is 5.75. The molecule has 1 aliphatic heterocycles. The summed E-state index contributed by atoms with van der Waals surface area (Å²) in [7, 11) is -3.37. The summed E-state index contributed by atoms with van der Waals surface area (Å²) >= 11 is 0. The number of piperidine rings is 1. The van der Waals surface area contributed by atoms with Gasteiger partial charge in [0.05, 0.1) is 6.17 Å². The molecule has 5 nitrogen and oxygen atoms in total. The first-order chi connectivity index (χ1) is 6.43. The molecule has 1 saturated heterocycles. The van der Waals surface area contributed by atoms with Crippen molar-refractivity contribution in [3.05, 3.63) is 0 Å². The van der Waals surface area contributed by atoms with Gasteiger partial charge in [0, 0.05) is 12.6 Å². The minimum Gasteiger partial charge on any atom is -0.315 e. The van der Waals surface area contributed by atoms with Crippen molar-refractivity contribution in [2.24, 2.45) is 5.73 Å². The molecule has 3 N–H and O–H groups in total. The smallest absolute Gasteiger partial charge is 0.281 e. The van der Waals surface area contributed by atoms with Gasteiger partial charge >= 0.3 is 0 Å².